The van der Waals surface area contributed by atoms with Crippen molar-refractivity contribution < 1.29 is 8.78 Å². The summed E-state index contributed by atoms with van der Waals surface area (Å²) in [6.07, 6.45) is 0.574. The number of hydrogen-bond acceptors (Lipinski definition) is 0. The fourth-order valence-electron chi connectivity index (χ4n) is 0.835. The summed E-state index contributed by atoms with van der Waals surface area (Å²) < 4.78 is 25.7. The molecule has 0 radical (unpaired) electrons. The fourth-order valence-corrected chi connectivity index (χ4v) is 1.23. The summed E-state index contributed by atoms with van der Waals surface area (Å²) in [6, 6.07) is 2.35. The normalized spacial score (nSPS) is 10.2. The maximum atomic E-state index is 12.8. The lowest BCUT2D eigenvalue weighted by molar-refractivity contribution is 0.569. The molecular formula is C8H7BrF2. The van der Waals surface area contributed by atoms with E-state index in [9.17, 15) is 8.78 Å². The first-order valence-electron chi connectivity index (χ1n) is 3.28. The SMILES string of the molecule is CCc1cc(Br)c(F)cc1F. The first-order chi connectivity index (χ1) is 5.15. The van der Waals surface area contributed by atoms with E-state index in [1.54, 1.807) is 0 Å². The van der Waals surface area contributed by atoms with Gasteiger partial charge in [0.1, 0.15) is 11.6 Å². The Morgan fingerprint density at radius 1 is 1.27 bits per heavy atom. The minimum Gasteiger partial charge on any atom is -0.207 e. The van der Waals surface area contributed by atoms with Crippen LogP contribution in [0.2, 0.25) is 0 Å². The van der Waals surface area contributed by atoms with E-state index >= 15 is 0 Å². The minimum atomic E-state index is -0.556. The molecule has 0 bridgehead atoms. The Balaban J connectivity index is 3.21. The second-order valence-corrected chi connectivity index (χ2v) is 3.07. The molecule has 0 unspecified atom stereocenters. The topological polar surface area (TPSA) is 0 Å². The number of rotatable bonds is 1. The van der Waals surface area contributed by atoms with Crippen molar-refractivity contribution in [1.29, 1.82) is 0 Å². The van der Waals surface area contributed by atoms with Crippen LogP contribution in [0.4, 0.5) is 8.78 Å². The molecule has 11 heavy (non-hydrogen) atoms. The molecule has 0 aliphatic heterocycles. The van der Waals surface area contributed by atoms with Gasteiger partial charge in [0, 0.05) is 6.07 Å². The Hall–Kier alpha value is -0.440. The van der Waals surface area contributed by atoms with Crippen molar-refractivity contribution in [1.82, 2.24) is 0 Å². The van der Waals surface area contributed by atoms with E-state index in [-0.39, 0.29) is 0 Å². The van der Waals surface area contributed by atoms with Crippen molar-refractivity contribution in [2.75, 3.05) is 0 Å². The molecule has 0 atom stereocenters. The van der Waals surface area contributed by atoms with Crippen LogP contribution < -0.4 is 0 Å². The zero-order valence-electron chi connectivity index (χ0n) is 6.00. The molecule has 0 heterocycles. The Bertz CT molecular complexity index is 271. The van der Waals surface area contributed by atoms with Gasteiger partial charge in [-0.15, -0.1) is 0 Å². The molecule has 0 aliphatic rings. The molecule has 0 fully saturated rings. The first kappa shape index (κ1) is 8.65. The monoisotopic (exact) mass is 220 g/mol. The molecule has 0 aromatic heterocycles. The third-order valence-corrected chi connectivity index (χ3v) is 2.08. The molecule has 1 aromatic carbocycles. The molecule has 0 nitrogen and oxygen atoms in total. The number of benzene rings is 1. The van der Waals surface area contributed by atoms with E-state index in [1.165, 1.54) is 6.07 Å². The van der Waals surface area contributed by atoms with Gasteiger partial charge in [0.2, 0.25) is 0 Å². The van der Waals surface area contributed by atoms with Gasteiger partial charge < -0.3 is 0 Å². The molecule has 0 N–H and O–H groups in total. The fraction of sp³-hybridized carbons (Fsp3) is 0.250. The average Bonchev–Trinajstić information content (AvgIpc) is 1.97. The van der Waals surface area contributed by atoms with Gasteiger partial charge >= 0.3 is 0 Å². The maximum Gasteiger partial charge on any atom is 0.140 e. The lowest BCUT2D eigenvalue weighted by Crippen LogP contribution is -1.89. The Morgan fingerprint density at radius 3 is 2.45 bits per heavy atom. The molecule has 3 heteroatoms. The molecule has 1 rings (SSSR count). The highest BCUT2D eigenvalue weighted by molar-refractivity contribution is 9.10. The van der Waals surface area contributed by atoms with Crippen molar-refractivity contribution in [2.24, 2.45) is 0 Å². The largest absolute Gasteiger partial charge is 0.207 e. The minimum absolute atomic E-state index is 0.316. The highest BCUT2D eigenvalue weighted by atomic mass is 79.9. The van der Waals surface area contributed by atoms with E-state index in [4.69, 9.17) is 0 Å². The molecule has 60 valence electrons. The van der Waals surface area contributed by atoms with Crippen molar-refractivity contribution in [3.05, 3.63) is 33.8 Å². The van der Waals surface area contributed by atoms with E-state index in [1.807, 2.05) is 6.92 Å². The quantitative estimate of drug-likeness (QED) is 0.638. The van der Waals surface area contributed by atoms with Gasteiger partial charge in [-0.25, -0.2) is 8.78 Å². The summed E-state index contributed by atoms with van der Waals surface area (Å²) in [5.41, 5.74) is 0.526. The van der Waals surface area contributed by atoms with Crippen molar-refractivity contribution in [3.63, 3.8) is 0 Å². The molecule has 1 aromatic rings. The number of aryl methyl sites for hydroxylation is 1. The molecule has 0 spiro atoms. The predicted octanol–water partition coefficient (Wildman–Crippen LogP) is 3.29. The van der Waals surface area contributed by atoms with Gasteiger partial charge in [-0.2, -0.15) is 0 Å². The van der Waals surface area contributed by atoms with Gasteiger partial charge in [-0.3, -0.25) is 0 Å². The van der Waals surface area contributed by atoms with E-state index in [0.717, 1.165) is 6.07 Å². The lowest BCUT2D eigenvalue weighted by atomic mass is 10.1. The van der Waals surface area contributed by atoms with Crippen LogP contribution in [0.5, 0.6) is 0 Å². The van der Waals surface area contributed by atoms with Crippen molar-refractivity contribution in [3.8, 4) is 0 Å². The standard InChI is InChI=1S/C8H7BrF2/c1-2-5-3-6(9)8(11)4-7(5)10/h3-4H,2H2,1H3. The summed E-state index contributed by atoms with van der Waals surface area (Å²) in [7, 11) is 0. The van der Waals surface area contributed by atoms with Gasteiger partial charge in [0.15, 0.2) is 0 Å². The number of hydrogen-bond donors (Lipinski definition) is 0. The Labute approximate surface area is 72.4 Å². The third kappa shape index (κ3) is 1.77. The van der Waals surface area contributed by atoms with E-state index in [2.05, 4.69) is 15.9 Å². The molecule has 0 saturated carbocycles. The molecule has 0 amide bonds. The second-order valence-electron chi connectivity index (χ2n) is 2.21. The summed E-state index contributed by atoms with van der Waals surface area (Å²) >= 11 is 2.98. The van der Waals surface area contributed by atoms with E-state index < -0.39 is 11.6 Å². The Kier molecular flexibility index (Phi) is 2.60. The van der Waals surface area contributed by atoms with Crippen LogP contribution in [-0.4, -0.2) is 0 Å². The average molecular weight is 221 g/mol. The van der Waals surface area contributed by atoms with Crippen LogP contribution in [0.15, 0.2) is 16.6 Å². The zero-order chi connectivity index (χ0) is 8.43. The Morgan fingerprint density at radius 2 is 1.91 bits per heavy atom. The first-order valence-corrected chi connectivity index (χ1v) is 4.08. The molecule has 0 aliphatic carbocycles. The smallest absolute Gasteiger partial charge is 0.140 e. The lowest BCUT2D eigenvalue weighted by Gasteiger charge is -2.00. The highest BCUT2D eigenvalue weighted by Crippen LogP contribution is 2.19. The summed E-state index contributed by atoms with van der Waals surface area (Å²) in [5, 5.41) is 0. The van der Waals surface area contributed by atoms with Gasteiger partial charge in [-0.1, -0.05) is 6.92 Å². The van der Waals surface area contributed by atoms with E-state index in [0.29, 0.717) is 16.5 Å². The van der Waals surface area contributed by atoms with Gasteiger partial charge in [0.25, 0.3) is 0 Å². The van der Waals surface area contributed by atoms with Gasteiger partial charge in [-0.05, 0) is 34.0 Å². The zero-order valence-corrected chi connectivity index (χ0v) is 7.58. The van der Waals surface area contributed by atoms with Crippen LogP contribution in [0.3, 0.4) is 0 Å². The molecule has 0 saturated heterocycles. The highest BCUT2D eigenvalue weighted by Gasteiger charge is 2.05. The van der Waals surface area contributed by atoms with Crippen LogP contribution in [-0.2, 0) is 6.42 Å². The second kappa shape index (κ2) is 3.30. The van der Waals surface area contributed by atoms with Crippen LogP contribution >= 0.6 is 15.9 Å². The van der Waals surface area contributed by atoms with Crippen LogP contribution in [0, 0.1) is 11.6 Å². The summed E-state index contributed by atoms with van der Waals surface area (Å²) in [4.78, 5) is 0. The predicted molar refractivity (Wildman–Crippen MR) is 43.4 cm³/mol. The van der Waals surface area contributed by atoms with Crippen LogP contribution in [0.1, 0.15) is 12.5 Å². The van der Waals surface area contributed by atoms with Crippen molar-refractivity contribution >= 4 is 15.9 Å². The van der Waals surface area contributed by atoms with Crippen molar-refractivity contribution in [2.45, 2.75) is 13.3 Å². The summed E-state index contributed by atoms with van der Waals surface area (Å²) in [6.45, 7) is 1.82. The third-order valence-electron chi connectivity index (χ3n) is 1.47. The summed E-state index contributed by atoms with van der Waals surface area (Å²) in [5.74, 6) is -1.03. The maximum absolute atomic E-state index is 12.8. The number of halogens is 3. The van der Waals surface area contributed by atoms with Crippen LogP contribution in [0.25, 0.3) is 0 Å². The van der Waals surface area contributed by atoms with Gasteiger partial charge in [0.05, 0.1) is 4.47 Å². The molecular weight excluding hydrogens is 214 g/mol.